The second kappa shape index (κ2) is 10.8. The molecule has 1 amide bonds. The summed E-state index contributed by atoms with van der Waals surface area (Å²) < 4.78 is 24.7. The molecule has 6 nitrogen and oxygen atoms in total. The zero-order chi connectivity index (χ0) is 23.1. The summed E-state index contributed by atoms with van der Waals surface area (Å²) >= 11 is 0.995. The van der Waals surface area contributed by atoms with E-state index >= 15 is 0 Å². The maximum absolute atomic E-state index is 13.9. The molecule has 0 bridgehead atoms. The van der Waals surface area contributed by atoms with Crippen LogP contribution in [0.2, 0.25) is 0 Å². The Morgan fingerprint density at radius 1 is 1.12 bits per heavy atom. The summed E-state index contributed by atoms with van der Waals surface area (Å²) in [5, 5.41) is 10.8. The number of ether oxygens (including phenoxy) is 2. The monoisotopic (exact) mass is 455 g/mol. The summed E-state index contributed by atoms with van der Waals surface area (Å²) in [6.45, 7) is 3.43. The third-order valence-corrected chi connectivity index (χ3v) is 5.47. The number of carbonyl (C=O) groups excluding carboxylic acids is 2. The third kappa shape index (κ3) is 5.45. The zero-order valence-corrected chi connectivity index (χ0v) is 18.4. The van der Waals surface area contributed by atoms with Crippen LogP contribution in [0.15, 0.2) is 69.8 Å². The second-order valence-corrected chi connectivity index (χ2v) is 7.67. The molecule has 0 saturated carbocycles. The highest BCUT2D eigenvalue weighted by Crippen LogP contribution is 2.40. The van der Waals surface area contributed by atoms with E-state index in [2.05, 4.69) is 4.99 Å². The van der Waals surface area contributed by atoms with Gasteiger partial charge in [-0.1, -0.05) is 55.1 Å². The molecular formula is C24H22FNO5S. The summed E-state index contributed by atoms with van der Waals surface area (Å²) in [4.78, 5) is 28.5. The van der Waals surface area contributed by atoms with Crippen molar-refractivity contribution >= 4 is 34.8 Å². The van der Waals surface area contributed by atoms with Crippen molar-refractivity contribution in [2.24, 2.45) is 4.99 Å². The Kier molecular flexibility index (Phi) is 7.83. The van der Waals surface area contributed by atoms with Gasteiger partial charge in [0.2, 0.25) is 5.91 Å². The van der Waals surface area contributed by atoms with Gasteiger partial charge < -0.3 is 14.6 Å². The zero-order valence-electron chi connectivity index (χ0n) is 17.6. The van der Waals surface area contributed by atoms with Gasteiger partial charge in [-0.3, -0.25) is 4.79 Å². The molecular weight excluding hydrogens is 433 g/mol. The lowest BCUT2D eigenvalue weighted by atomic mass is 10.1. The molecule has 1 N–H and O–H groups in total. The molecule has 2 aromatic rings. The fourth-order valence-corrected chi connectivity index (χ4v) is 3.85. The van der Waals surface area contributed by atoms with Crippen LogP contribution in [0.4, 0.5) is 4.39 Å². The fraction of sp³-hybridized carbons (Fsp3) is 0.208. The first-order valence-electron chi connectivity index (χ1n) is 10.0. The van der Waals surface area contributed by atoms with Crippen molar-refractivity contribution in [1.29, 1.82) is 0 Å². The van der Waals surface area contributed by atoms with Crippen LogP contribution in [-0.2, 0) is 20.9 Å². The van der Waals surface area contributed by atoms with Gasteiger partial charge in [-0.2, -0.15) is 0 Å². The molecule has 166 valence electrons. The van der Waals surface area contributed by atoms with E-state index in [-0.39, 0.29) is 41.8 Å². The minimum absolute atomic E-state index is 0.0214. The number of nitrogens with zero attached hydrogens (tertiary/aromatic N) is 1. The highest BCUT2D eigenvalue weighted by molar-refractivity contribution is 8.18. The third-order valence-electron chi connectivity index (χ3n) is 4.45. The Bertz CT molecular complexity index is 1120. The number of halogens is 1. The van der Waals surface area contributed by atoms with Crippen molar-refractivity contribution in [3.05, 3.63) is 81.7 Å². The van der Waals surface area contributed by atoms with Gasteiger partial charge in [0.05, 0.1) is 11.5 Å². The van der Waals surface area contributed by atoms with Gasteiger partial charge in [-0.25, -0.2) is 14.2 Å². The number of rotatable bonds is 7. The van der Waals surface area contributed by atoms with Crippen molar-refractivity contribution < 1.29 is 28.6 Å². The molecule has 0 unspecified atom stereocenters. The smallest absolute Gasteiger partial charge is 0.344 e. The molecule has 1 heterocycles. The van der Waals surface area contributed by atoms with Crippen LogP contribution in [0, 0.1) is 5.82 Å². The van der Waals surface area contributed by atoms with Gasteiger partial charge in [0.15, 0.2) is 0 Å². The molecule has 0 atom stereocenters. The Labute approximate surface area is 189 Å². The van der Waals surface area contributed by atoms with E-state index < -0.39 is 11.9 Å². The SMILES string of the molecule is CCOC(=O)C1=C(O)/C(=C/c2ccccc2OCc2ccccc2F)SC1=NC(=O)CC. The van der Waals surface area contributed by atoms with Crippen LogP contribution in [0.5, 0.6) is 5.75 Å². The van der Waals surface area contributed by atoms with Gasteiger partial charge >= 0.3 is 5.97 Å². The van der Waals surface area contributed by atoms with Gasteiger partial charge in [0, 0.05) is 17.5 Å². The number of hydrogen-bond acceptors (Lipinski definition) is 6. The number of thioether (sulfide) groups is 1. The van der Waals surface area contributed by atoms with E-state index in [1.165, 1.54) is 6.07 Å². The first-order chi connectivity index (χ1) is 15.4. The lowest BCUT2D eigenvalue weighted by molar-refractivity contribution is -0.138. The molecule has 3 rings (SSSR count). The van der Waals surface area contributed by atoms with Crippen molar-refractivity contribution in [3.8, 4) is 5.75 Å². The average Bonchev–Trinajstić information content (AvgIpc) is 3.08. The first kappa shape index (κ1) is 23.3. The molecule has 0 aliphatic carbocycles. The minimum Gasteiger partial charge on any atom is -0.506 e. The highest BCUT2D eigenvalue weighted by Gasteiger charge is 2.33. The number of hydrogen-bond donors (Lipinski definition) is 1. The maximum Gasteiger partial charge on any atom is 0.344 e. The van der Waals surface area contributed by atoms with Crippen molar-refractivity contribution in [3.63, 3.8) is 0 Å². The predicted octanol–water partition coefficient (Wildman–Crippen LogP) is 5.20. The lowest BCUT2D eigenvalue weighted by Crippen LogP contribution is -2.14. The molecule has 1 aliphatic rings. The number of aliphatic hydroxyl groups is 1. The molecule has 0 radical (unpaired) electrons. The van der Waals surface area contributed by atoms with E-state index in [0.29, 0.717) is 21.8 Å². The maximum atomic E-state index is 13.9. The summed E-state index contributed by atoms with van der Waals surface area (Å²) in [6, 6.07) is 13.4. The summed E-state index contributed by atoms with van der Waals surface area (Å²) in [6.07, 6.45) is 1.78. The van der Waals surface area contributed by atoms with Crippen molar-refractivity contribution in [2.75, 3.05) is 6.61 Å². The Hall–Kier alpha value is -3.39. The fourth-order valence-electron chi connectivity index (χ4n) is 2.83. The van der Waals surface area contributed by atoms with E-state index in [4.69, 9.17) is 9.47 Å². The van der Waals surface area contributed by atoms with E-state index in [1.807, 2.05) is 0 Å². The Morgan fingerprint density at radius 3 is 2.56 bits per heavy atom. The van der Waals surface area contributed by atoms with Gasteiger partial charge in [-0.15, -0.1) is 0 Å². The van der Waals surface area contributed by atoms with Crippen LogP contribution in [0.3, 0.4) is 0 Å². The predicted molar refractivity (Wildman–Crippen MR) is 122 cm³/mol. The number of amides is 1. The molecule has 0 fully saturated rings. The number of esters is 1. The van der Waals surface area contributed by atoms with Crippen LogP contribution in [-0.4, -0.2) is 28.6 Å². The van der Waals surface area contributed by atoms with E-state index in [9.17, 15) is 19.1 Å². The number of benzene rings is 2. The first-order valence-corrected chi connectivity index (χ1v) is 10.8. The van der Waals surface area contributed by atoms with E-state index in [1.54, 1.807) is 62.4 Å². The quantitative estimate of drug-likeness (QED) is 0.578. The number of carbonyl (C=O) groups is 2. The molecule has 1 aliphatic heterocycles. The summed E-state index contributed by atoms with van der Waals surface area (Å²) in [5.74, 6) is -1.40. The topological polar surface area (TPSA) is 85.2 Å². The standard InChI is InChI=1S/C24H22FNO5S/c1-3-20(27)26-23-21(24(29)30-4-2)22(28)19(32-23)13-15-9-6-8-12-18(15)31-14-16-10-5-7-11-17(16)25/h5-13,28H,3-4,14H2,1-2H3/b19-13-,26-23?. The van der Waals surface area contributed by atoms with Gasteiger partial charge in [-0.05, 0) is 25.1 Å². The second-order valence-electron chi connectivity index (χ2n) is 6.64. The molecule has 8 heteroatoms. The van der Waals surface area contributed by atoms with Crippen molar-refractivity contribution in [1.82, 2.24) is 0 Å². The highest BCUT2D eigenvalue weighted by atomic mass is 32.2. The largest absolute Gasteiger partial charge is 0.506 e. The van der Waals surface area contributed by atoms with Crippen LogP contribution in [0.25, 0.3) is 6.08 Å². The van der Waals surface area contributed by atoms with Crippen LogP contribution < -0.4 is 4.74 Å². The minimum atomic E-state index is -0.757. The molecule has 2 aromatic carbocycles. The van der Waals surface area contributed by atoms with Crippen molar-refractivity contribution in [2.45, 2.75) is 26.9 Å². The Balaban J connectivity index is 1.94. The normalized spacial score (nSPS) is 16.0. The van der Waals surface area contributed by atoms with Gasteiger partial charge in [0.25, 0.3) is 0 Å². The molecule has 0 aromatic heterocycles. The Morgan fingerprint density at radius 2 is 1.84 bits per heavy atom. The van der Waals surface area contributed by atoms with Crippen LogP contribution >= 0.6 is 11.8 Å². The van der Waals surface area contributed by atoms with Gasteiger partial charge in [0.1, 0.15) is 34.5 Å². The molecule has 0 spiro atoms. The number of aliphatic imine (C=N–C) groups is 1. The van der Waals surface area contributed by atoms with Crippen LogP contribution in [0.1, 0.15) is 31.4 Å². The average molecular weight is 456 g/mol. The number of para-hydroxylation sites is 1. The summed E-state index contributed by atoms with van der Waals surface area (Å²) in [5.41, 5.74) is 0.865. The molecule has 0 saturated heterocycles. The van der Waals surface area contributed by atoms with E-state index in [0.717, 1.165) is 11.8 Å². The molecule has 32 heavy (non-hydrogen) atoms. The summed E-state index contributed by atoms with van der Waals surface area (Å²) in [7, 11) is 0. The number of aliphatic hydroxyl groups excluding tert-OH is 1. The lowest BCUT2D eigenvalue weighted by Gasteiger charge is -2.10.